The summed E-state index contributed by atoms with van der Waals surface area (Å²) in [6.07, 6.45) is -1.89. The van der Waals surface area contributed by atoms with Crippen LogP contribution in [-0.4, -0.2) is 46.3 Å². The van der Waals surface area contributed by atoms with Gasteiger partial charge < -0.3 is 19.9 Å². The van der Waals surface area contributed by atoms with Gasteiger partial charge in [0.2, 0.25) is 0 Å². The van der Waals surface area contributed by atoms with Gasteiger partial charge in [-0.15, -0.1) is 0 Å². The SMILES string of the molecule is Cc1ccc2nc(CO[C@H]3CN(C(=O)Nc4ccccc4)C[C@H]3F)[nH]c2c1. The number of amides is 2. The van der Waals surface area contributed by atoms with Crippen LogP contribution in [0.3, 0.4) is 0 Å². The van der Waals surface area contributed by atoms with Crippen LogP contribution >= 0.6 is 0 Å². The van der Waals surface area contributed by atoms with E-state index >= 15 is 0 Å². The van der Waals surface area contributed by atoms with E-state index in [0.717, 1.165) is 16.6 Å². The second-order valence-corrected chi connectivity index (χ2v) is 6.77. The number of alkyl halides is 1. The van der Waals surface area contributed by atoms with E-state index < -0.39 is 12.3 Å². The maximum Gasteiger partial charge on any atom is 0.322 e. The highest BCUT2D eigenvalue weighted by Crippen LogP contribution is 2.20. The van der Waals surface area contributed by atoms with Gasteiger partial charge >= 0.3 is 6.03 Å². The molecule has 7 heteroatoms. The third-order valence-electron chi connectivity index (χ3n) is 4.63. The number of fused-ring (bicyclic) bond motifs is 1. The van der Waals surface area contributed by atoms with Crippen molar-refractivity contribution in [1.29, 1.82) is 0 Å². The smallest absolute Gasteiger partial charge is 0.322 e. The average Bonchev–Trinajstić information content (AvgIpc) is 3.23. The number of hydrogen-bond acceptors (Lipinski definition) is 3. The Bertz CT molecular complexity index is 944. The molecule has 1 saturated heterocycles. The summed E-state index contributed by atoms with van der Waals surface area (Å²) < 4.78 is 20.0. The maximum atomic E-state index is 14.3. The van der Waals surface area contributed by atoms with Crippen LogP contribution in [0.15, 0.2) is 48.5 Å². The fourth-order valence-electron chi connectivity index (χ4n) is 3.21. The van der Waals surface area contributed by atoms with Crippen LogP contribution in [0.4, 0.5) is 14.9 Å². The summed E-state index contributed by atoms with van der Waals surface area (Å²) in [5.74, 6) is 0.648. The highest BCUT2D eigenvalue weighted by atomic mass is 19.1. The zero-order valence-corrected chi connectivity index (χ0v) is 15.0. The van der Waals surface area contributed by atoms with E-state index in [1.807, 2.05) is 43.3 Å². The minimum Gasteiger partial charge on any atom is -0.365 e. The molecule has 0 saturated carbocycles. The molecule has 27 heavy (non-hydrogen) atoms. The number of H-pyrrole nitrogens is 1. The maximum absolute atomic E-state index is 14.3. The highest BCUT2D eigenvalue weighted by molar-refractivity contribution is 5.89. The number of urea groups is 1. The van der Waals surface area contributed by atoms with Gasteiger partial charge in [0.15, 0.2) is 0 Å². The van der Waals surface area contributed by atoms with Gasteiger partial charge in [-0.1, -0.05) is 24.3 Å². The molecule has 0 radical (unpaired) electrons. The van der Waals surface area contributed by atoms with Crippen molar-refractivity contribution in [3.63, 3.8) is 0 Å². The van der Waals surface area contributed by atoms with Crippen LogP contribution < -0.4 is 5.32 Å². The summed E-state index contributed by atoms with van der Waals surface area (Å²) in [6.45, 7) is 2.41. The molecule has 1 aliphatic heterocycles. The van der Waals surface area contributed by atoms with Crippen molar-refractivity contribution in [2.75, 3.05) is 18.4 Å². The molecule has 2 aromatic carbocycles. The Morgan fingerprint density at radius 3 is 2.93 bits per heavy atom. The van der Waals surface area contributed by atoms with Crippen LogP contribution in [0, 0.1) is 6.92 Å². The van der Waals surface area contributed by atoms with Gasteiger partial charge in [0, 0.05) is 5.69 Å². The van der Waals surface area contributed by atoms with E-state index in [1.165, 1.54) is 4.90 Å². The fourth-order valence-corrected chi connectivity index (χ4v) is 3.21. The van der Waals surface area contributed by atoms with E-state index in [1.54, 1.807) is 12.1 Å². The molecule has 2 heterocycles. The summed E-state index contributed by atoms with van der Waals surface area (Å²) in [7, 11) is 0. The van der Waals surface area contributed by atoms with Gasteiger partial charge in [0.05, 0.1) is 24.1 Å². The predicted molar refractivity (Wildman–Crippen MR) is 101 cm³/mol. The molecule has 3 aromatic rings. The van der Waals surface area contributed by atoms with Gasteiger partial charge in [-0.3, -0.25) is 0 Å². The molecule has 2 amide bonds. The largest absolute Gasteiger partial charge is 0.365 e. The van der Waals surface area contributed by atoms with Crippen molar-refractivity contribution in [3.05, 3.63) is 59.9 Å². The highest BCUT2D eigenvalue weighted by Gasteiger charge is 2.36. The topological polar surface area (TPSA) is 70.2 Å². The molecule has 4 rings (SSSR count). The van der Waals surface area contributed by atoms with E-state index in [-0.39, 0.29) is 25.7 Å². The van der Waals surface area contributed by atoms with Gasteiger partial charge in [-0.25, -0.2) is 14.2 Å². The number of likely N-dealkylation sites (tertiary alicyclic amines) is 1. The first-order valence-corrected chi connectivity index (χ1v) is 8.90. The molecule has 2 atom stereocenters. The lowest BCUT2D eigenvalue weighted by molar-refractivity contribution is 0.00961. The normalized spacial score (nSPS) is 19.6. The Kier molecular flexibility index (Phi) is 4.77. The average molecular weight is 368 g/mol. The number of carbonyl (C=O) groups is 1. The monoisotopic (exact) mass is 368 g/mol. The van der Waals surface area contributed by atoms with Crippen LogP contribution in [0.25, 0.3) is 11.0 Å². The minimum atomic E-state index is -1.22. The number of ether oxygens (including phenoxy) is 1. The van der Waals surface area contributed by atoms with E-state index in [4.69, 9.17) is 4.74 Å². The number of aromatic nitrogens is 2. The Labute approximate surface area is 156 Å². The molecule has 2 N–H and O–H groups in total. The fraction of sp³-hybridized carbons (Fsp3) is 0.300. The molecule has 140 valence electrons. The lowest BCUT2D eigenvalue weighted by atomic mass is 10.2. The number of nitrogens with one attached hydrogen (secondary N) is 2. The predicted octanol–water partition coefficient (Wildman–Crippen LogP) is 3.64. The van der Waals surface area contributed by atoms with Crippen LogP contribution in [0.1, 0.15) is 11.4 Å². The van der Waals surface area contributed by atoms with Crippen molar-refractivity contribution in [1.82, 2.24) is 14.9 Å². The van der Waals surface area contributed by atoms with E-state index in [2.05, 4.69) is 15.3 Å². The van der Waals surface area contributed by atoms with Crippen molar-refractivity contribution in [3.8, 4) is 0 Å². The summed E-state index contributed by atoms with van der Waals surface area (Å²) in [5, 5.41) is 2.77. The third kappa shape index (κ3) is 3.93. The quantitative estimate of drug-likeness (QED) is 0.739. The summed E-state index contributed by atoms with van der Waals surface area (Å²) >= 11 is 0. The van der Waals surface area contributed by atoms with E-state index in [9.17, 15) is 9.18 Å². The van der Waals surface area contributed by atoms with Crippen LogP contribution in [-0.2, 0) is 11.3 Å². The lowest BCUT2D eigenvalue weighted by Crippen LogP contribution is -2.34. The second kappa shape index (κ2) is 7.36. The van der Waals surface area contributed by atoms with Crippen molar-refractivity contribution in [2.45, 2.75) is 25.8 Å². The number of para-hydroxylation sites is 1. The minimum absolute atomic E-state index is 0.0165. The molecule has 0 spiro atoms. The number of rotatable bonds is 4. The summed E-state index contributed by atoms with van der Waals surface area (Å²) in [4.78, 5) is 21.4. The molecule has 0 bridgehead atoms. The van der Waals surface area contributed by atoms with Crippen molar-refractivity contribution < 1.29 is 13.9 Å². The zero-order valence-electron chi connectivity index (χ0n) is 15.0. The first-order chi connectivity index (χ1) is 13.1. The first-order valence-electron chi connectivity index (χ1n) is 8.90. The number of aryl methyl sites for hydroxylation is 1. The summed E-state index contributed by atoms with van der Waals surface area (Å²) in [5.41, 5.74) is 3.60. The number of carbonyl (C=O) groups excluding carboxylic acids is 1. The lowest BCUT2D eigenvalue weighted by Gasteiger charge is -2.16. The second-order valence-electron chi connectivity index (χ2n) is 6.77. The molecule has 1 aromatic heterocycles. The number of hydrogen-bond donors (Lipinski definition) is 2. The molecular formula is C20H21FN4O2. The molecule has 6 nitrogen and oxygen atoms in total. The van der Waals surface area contributed by atoms with Crippen molar-refractivity contribution >= 4 is 22.8 Å². The molecule has 1 fully saturated rings. The third-order valence-corrected chi connectivity index (χ3v) is 4.63. The number of imidazole rings is 1. The summed E-state index contributed by atoms with van der Waals surface area (Å²) in [6, 6.07) is 14.7. The van der Waals surface area contributed by atoms with Gasteiger partial charge in [0.25, 0.3) is 0 Å². The number of anilines is 1. The van der Waals surface area contributed by atoms with Gasteiger partial charge in [-0.2, -0.15) is 0 Å². The Morgan fingerprint density at radius 1 is 1.30 bits per heavy atom. The first kappa shape index (κ1) is 17.5. The van der Waals surface area contributed by atoms with Crippen LogP contribution in [0.2, 0.25) is 0 Å². The number of aromatic amines is 1. The molecule has 0 aliphatic carbocycles. The standard InChI is InChI=1S/C20H21FN4O2/c1-13-7-8-16-17(9-13)24-19(23-16)12-27-18-11-25(10-15(18)21)20(26)22-14-5-3-2-4-6-14/h2-9,15,18H,10-12H2,1H3,(H,22,26)(H,23,24)/t15-,18+/m1/s1. The Balaban J connectivity index is 1.34. The number of nitrogens with zero attached hydrogens (tertiary/aromatic N) is 2. The number of benzene rings is 2. The van der Waals surface area contributed by atoms with Crippen molar-refractivity contribution in [2.24, 2.45) is 0 Å². The Hall–Kier alpha value is -2.93. The molecular weight excluding hydrogens is 347 g/mol. The number of halogens is 1. The van der Waals surface area contributed by atoms with E-state index in [0.29, 0.717) is 11.5 Å². The molecule has 0 unspecified atom stereocenters. The van der Waals surface area contributed by atoms with Crippen LogP contribution in [0.5, 0.6) is 0 Å². The Morgan fingerprint density at radius 2 is 2.11 bits per heavy atom. The zero-order chi connectivity index (χ0) is 18.8. The van der Waals surface area contributed by atoms with Gasteiger partial charge in [0.1, 0.15) is 24.7 Å². The van der Waals surface area contributed by atoms with Gasteiger partial charge in [-0.05, 0) is 36.8 Å². The molecule has 1 aliphatic rings.